The molecule has 1 amide bonds. The lowest BCUT2D eigenvalue weighted by Gasteiger charge is -2.18. The number of carbonyl (C=O) groups is 1. The Morgan fingerprint density at radius 3 is 2.31 bits per heavy atom. The maximum Gasteiger partial charge on any atom is 0.232 e. The Morgan fingerprint density at radius 1 is 1.04 bits per heavy atom. The number of benzene rings is 2. The maximum absolute atomic E-state index is 13.0. The smallest absolute Gasteiger partial charge is 0.232 e. The molecule has 0 aliphatic heterocycles. The van der Waals surface area contributed by atoms with Gasteiger partial charge in [-0.1, -0.05) is 23.7 Å². The van der Waals surface area contributed by atoms with Gasteiger partial charge in [0.2, 0.25) is 5.91 Å². The molecule has 132 valence electrons. The molecular formula is C21H19ClN2O2. The number of rotatable bonds is 6. The van der Waals surface area contributed by atoms with Crippen molar-refractivity contribution in [1.29, 1.82) is 0 Å². The average molecular weight is 367 g/mol. The molecule has 4 nitrogen and oxygen atoms in total. The van der Waals surface area contributed by atoms with Crippen LogP contribution in [0.1, 0.15) is 17.0 Å². The van der Waals surface area contributed by atoms with E-state index in [0.717, 1.165) is 22.6 Å². The van der Waals surface area contributed by atoms with E-state index < -0.39 is 0 Å². The van der Waals surface area contributed by atoms with Gasteiger partial charge >= 0.3 is 0 Å². The Balaban J connectivity index is 1.83. The molecule has 1 unspecified atom stereocenters. The zero-order valence-electron chi connectivity index (χ0n) is 14.4. The van der Waals surface area contributed by atoms with Crippen LogP contribution in [-0.2, 0) is 11.2 Å². The second kappa shape index (κ2) is 8.50. The van der Waals surface area contributed by atoms with Crippen molar-refractivity contribution < 1.29 is 9.53 Å². The molecule has 0 radical (unpaired) electrons. The zero-order valence-corrected chi connectivity index (χ0v) is 15.1. The lowest BCUT2D eigenvalue weighted by molar-refractivity contribution is -0.117. The molecule has 0 spiro atoms. The highest BCUT2D eigenvalue weighted by atomic mass is 35.5. The molecule has 0 aliphatic rings. The minimum Gasteiger partial charge on any atom is -0.497 e. The van der Waals surface area contributed by atoms with Crippen molar-refractivity contribution >= 4 is 23.2 Å². The first-order valence-electron chi connectivity index (χ1n) is 8.25. The molecule has 0 bridgehead atoms. The Hall–Kier alpha value is -2.85. The molecule has 3 aromatic rings. The fourth-order valence-corrected chi connectivity index (χ4v) is 2.84. The van der Waals surface area contributed by atoms with Crippen LogP contribution in [0.5, 0.6) is 5.75 Å². The average Bonchev–Trinajstić information content (AvgIpc) is 2.68. The number of hydrogen-bond donors (Lipinski definition) is 1. The van der Waals surface area contributed by atoms with Gasteiger partial charge in [0.05, 0.1) is 13.0 Å². The quantitative estimate of drug-likeness (QED) is 0.687. The molecule has 0 fully saturated rings. The summed E-state index contributed by atoms with van der Waals surface area (Å²) in [7, 11) is 1.61. The van der Waals surface area contributed by atoms with E-state index in [0.29, 0.717) is 11.4 Å². The second-order valence-corrected chi connectivity index (χ2v) is 6.32. The van der Waals surface area contributed by atoms with Crippen LogP contribution >= 0.6 is 11.6 Å². The van der Waals surface area contributed by atoms with E-state index in [1.165, 1.54) is 0 Å². The van der Waals surface area contributed by atoms with Crippen LogP contribution in [0, 0.1) is 0 Å². The molecule has 1 heterocycles. The summed E-state index contributed by atoms with van der Waals surface area (Å²) < 4.78 is 5.15. The van der Waals surface area contributed by atoms with E-state index in [-0.39, 0.29) is 11.8 Å². The maximum atomic E-state index is 13.0. The Morgan fingerprint density at radius 2 is 1.69 bits per heavy atom. The number of anilines is 1. The Labute approximate surface area is 157 Å². The molecule has 26 heavy (non-hydrogen) atoms. The highest BCUT2D eigenvalue weighted by Crippen LogP contribution is 2.25. The molecular weight excluding hydrogens is 348 g/mol. The summed E-state index contributed by atoms with van der Waals surface area (Å²) in [6, 6.07) is 18.5. The molecule has 0 aliphatic carbocycles. The van der Waals surface area contributed by atoms with E-state index in [9.17, 15) is 4.79 Å². The van der Waals surface area contributed by atoms with Crippen LogP contribution in [-0.4, -0.2) is 18.0 Å². The summed E-state index contributed by atoms with van der Waals surface area (Å²) in [5.74, 6) is 0.333. The third kappa shape index (κ3) is 4.61. The lowest BCUT2D eigenvalue weighted by Crippen LogP contribution is -2.23. The number of ether oxygens (including phenoxy) is 1. The molecule has 3 rings (SSSR count). The zero-order chi connectivity index (χ0) is 18.4. The number of methoxy groups -OCH3 is 1. The summed E-state index contributed by atoms with van der Waals surface area (Å²) in [5.41, 5.74) is 2.69. The second-order valence-electron chi connectivity index (χ2n) is 5.88. The van der Waals surface area contributed by atoms with Crippen molar-refractivity contribution in [3.05, 3.63) is 89.2 Å². The van der Waals surface area contributed by atoms with Crippen LogP contribution in [0.2, 0.25) is 5.02 Å². The molecule has 5 heteroatoms. The monoisotopic (exact) mass is 366 g/mol. The van der Waals surface area contributed by atoms with Crippen molar-refractivity contribution in [2.75, 3.05) is 12.4 Å². The summed E-state index contributed by atoms with van der Waals surface area (Å²) in [4.78, 5) is 17.0. The van der Waals surface area contributed by atoms with E-state index in [1.807, 2.05) is 48.5 Å². The predicted octanol–water partition coefficient (Wildman–Crippen LogP) is 4.71. The minimum absolute atomic E-state index is 0.0747. The van der Waals surface area contributed by atoms with Crippen molar-refractivity contribution in [2.45, 2.75) is 12.3 Å². The predicted molar refractivity (Wildman–Crippen MR) is 104 cm³/mol. The standard InChI is InChI=1S/C21H19ClN2O2/c1-26-19-8-6-18(7-9-19)24-21(25)20(14-15-10-12-23-13-11-15)16-2-4-17(22)5-3-16/h2-13,20H,14H2,1H3,(H,24,25). The first kappa shape index (κ1) is 18.0. The van der Waals surface area contributed by atoms with E-state index in [2.05, 4.69) is 10.3 Å². The van der Waals surface area contributed by atoms with E-state index in [1.54, 1.807) is 31.6 Å². The van der Waals surface area contributed by atoms with Crippen LogP contribution in [0.15, 0.2) is 73.1 Å². The normalized spacial score (nSPS) is 11.6. The van der Waals surface area contributed by atoms with Crippen molar-refractivity contribution in [2.24, 2.45) is 0 Å². The number of hydrogen-bond acceptors (Lipinski definition) is 3. The van der Waals surface area contributed by atoms with Crippen LogP contribution in [0.3, 0.4) is 0 Å². The number of amides is 1. The van der Waals surface area contributed by atoms with E-state index in [4.69, 9.17) is 16.3 Å². The van der Waals surface area contributed by atoms with Crippen molar-refractivity contribution in [3.8, 4) is 5.75 Å². The molecule has 1 N–H and O–H groups in total. The molecule has 0 saturated heterocycles. The minimum atomic E-state index is -0.336. The van der Waals surface area contributed by atoms with Gasteiger partial charge in [-0.25, -0.2) is 0 Å². The fraction of sp³-hybridized carbons (Fsp3) is 0.143. The summed E-state index contributed by atoms with van der Waals surface area (Å²) >= 11 is 5.99. The van der Waals surface area contributed by atoms with Crippen LogP contribution in [0.4, 0.5) is 5.69 Å². The molecule has 1 atom stereocenters. The van der Waals surface area contributed by atoms with Gasteiger partial charge < -0.3 is 10.1 Å². The number of nitrogens with one attached hydrogen (secondary N) is 1. The number of halogens is 1. The Kier molecular flexibility index (Phi) is 5.87. The highest BCUT2D eigenvalue weighted by molar-refractivity contribution is 6.30. The van der Waals surface area contributed by atoms with Gasteiger partial charge in [0.25, 0.3) is 0 Å². The molecule has 1 aromatic heterocycles. The van der Waals surface area contributed by atoms with Gasteiger partial charge in [0, 0.05) is 23.1 Å². The number of pyridine rings is 1. The fourth-order valence-electron chi connectivity index (χ4n) is 2.72. The number of carbonyl (C=O) groups excluding carboxylic acids is 1. The van der Waals surface area contributed by atoms with Crippen LogP contribution < -0.4 is 10.1 Å². The molecule has 2 aromatic carbocycles. The largest absolute Gasteiger partial charge is 0.497 e. The lowest BCUT2D eigenvalue weighted by atomic mass is 9.91. The van der Waals surface area contributed by atoms with Crippen molar-refractivity contribution in [3.63, 3.8) is 0 Å². The number of aromatic nitrogens is 1. The van der Waals surface area contributed by atoms with Gasteiger partial charge in [-0.2, -0.15) is 0 Å². The van der Waals surface area contributed by atoms with Gasteiger partial charge in [0.1, 0.15) is 5.75 Å². The first-order valence-corrected chi connectivity index (χ1v) is 8.63. The van der Waals surface area contributed by atoms with E-state index >= 15 is 0 Å². The van der Waals surface area contributed by atoms with Gasteiger partial charge in [-0.3, -0.25) is 9.78 Å². The Bertz CT molecular complexity index is 849. The van der Waals surface area contributed by atoms with Gasteiger partial charge in [-0.05, 0) is 66.1 Å². The third-order valence-electron chi connectivity index (χ3n) is 4.14. The molecule has 0 saturated carbocycles. The topological polar surface area (TPSA) is 51.2 Å². The van der Waals surface area contributed by atoms with Gasteiger partial charge in [0.15, 0.2) is 0 Å². The number of nitrogens with zero attached hydrogens (tertiary/aromatic N) is 1. The summed E-state index contributed by atoms with van der Waals surface area (Å²) in [6.07, 6.45) is 4.04. The summed E-state index contributed by atoms with van der Waals surface area (Å²) in [6.45, 7) is 0. The SMILES string of the molecule is COc1ccc(NC(=O)C(Cc2ccncc2)c2ccc(Cl)cc2)cc1. The summed E-state index contributed by atoms with van der Waals surface area (Å²) in [5, 5.41) is 3.63. The first-order chi connectivity index (χ1) is 12.7. The highest BCUT2D eigenvalue weighted by Gasteiger charge is 2.21. The van der Waals surface area contributed by atoms with Gasteiger partial charge in [-0.15, -0.1) is 0 Å². The third-order valence-corrected chi connectivity index (χ3v) is 4.39. The van der Waals surface area contributed by atoms with Crippen LogP contribution in [0.25, 0.3) is 0 Å². The van der Waals surface area contributed by atoms with Crippen molar-refractivity contribution in [1.82, 2.24) is 4.98 Å².